The number of likely N-dealkylation sites (N-methyl/N-ethyl adjacent to an activating group) is 1. The van der Waals surface area contributed by atoms with Crippen LogP contribution < -0.4 is 20.9 Å². The van der Waals surface area contributed by atoms with Crippen LogP contribution in [0.25, 0.3) is 0 Å². The van der Waals surface area contributed by atoms with Gasteiger partial charge in [-0.25, -0.2) is 0 Å². The molecule has 25 heavy (non-hydrogen) atoms. The van der Waals surface area contributed by atoms with Gasteiger partial charge in [0, 0.05) is 46.0 Å². The number of anilines is 1. The SMILES string of the molecule is CCN(CCNC(=NC)NCC(=O)NCCOC)c1cccc(C)c1. The molecular weight excluding hydrogens is 318 g/mol. The molecule has 1 amide bonds. The Hall–Kier alpha value is -2.28. The number of carbonyl (C=O) groups excluding carboxylic acids is 1. The molecule has 0 bridgehead atoms. The number of aryl methyl sites for hydroxylation is 1. The first-order valence-electron chi connectivity index (χ1n) is 8.62. The van der Waals surface area contributed by atoms with Crippen LogP contribution >= 0.6 is 0 Å². The fourth-order valence-corrected chi connectivity index (χ4v) is 2.34. The molecule has 1 aromatic carbocycles. The van der Waals surface area contributed by atoms with Crippen molar-refractivity contribution >= 4 is 17.6 Å². The Balaban J connectivity index is 2.35. The Kier molecular flexibility index (Phi) is 10.1. The summed E-state index contributed by atoms with van der Waals surface area (Å²) in [6.07, 6.45) is 0. The van der Waals surface area contributed by atoms with Crippen molar-refractivity contribution in [2.24, 2.45) is 4.99 Å². The number of rotatable bonds is 10. The Morgan fingerprint density at radius 1 is 1.24 bits per heavy atom. The third-order valence-electron chi connectivity index (χ3n) is 3.69. The number of benzene rings is 1. The number of methoxy groups -OCH3 is 1. The number of carbonyl (C=O) groups is 1. The Morgan fingerprint density at radius 2 is 2.04 bits per heavy atom. The summed E-state index contributed by atoms with van der Waals surface area (Å²) in [4.78, 5) is 18.1. The van der Waals surface area contributed by atoms with Gasteiger partial charge in [-0.1, -0.05) is 12.1 Å². The van der Waals surface area contributed by atoms with Crippen molar-refractivity contribution in [3.63, 3.8) is 0 Å². The van der Waals surface area contributed by atoms with Crippen LogP contribution in [0.1, 0.15) is 12.5 Å². The van der Waals surface area contributed by atoms with E-state index in [1.165, 1.54) is 11.3 Å². The monoisotopic (exact) mass is 349 g/mol. The predicted octanol–water partition coefficient (Wildman–Crippen LogP) is 0.749. The Bertz CT molecular complexity index is 548. The summed E-state index contributed by atoms with van der Waals surface area (Å²) in [6.45, 7) is 7.93. The quantitative estimate of drug-likeness (QED) is 0.330. The second-order valence-electron chi connectivity index (χ2n) is 5.61. The zero-order chi connectivity index (χ0) is 18.5. The molecule has 7 nitrogen and oxygen atoms in total. The third kappa shape index (κ3) is 8.39. The van der Waals surface area contributed by atoms with Gasteiger partial charge in [-0.2, -0.15) is 0 Å². The van der Waals surface area contributed by atoms with Crippen LogP contribution in [-0.2, 0) is 9.53 Å². The number of hydrogen-bond acceptors (Lipinski definition) is 4. The average molecular weight is 349 g/mol. The van der Waals surface area contributed by atoms with E-state index >= 15 is 0 Å². The summed E-state index contributed by atoms with van der Waals surface area (Å²) < 4.78 is 4.89. The first-order valence-corrected chi connectivity index (χ1v) is 8.62. The van der Waals surface area contributed by atoms with Gasteiger partial charge in [0.1, 0.15) is 0 Å². The maximum atomic E-state index is 11.7. The molecule has 0 radical (unpaired) electrons. The maximum absolute atomic E-state index is 11.7. The van der Waals surface area contributed by atoms with Crippen molar-refractivity contribution in [2.75, 3.05) is 58.4 Å². The van der Waals surface area contributed by atoms with E-state index in [9.17, 15) is 4.79 Å². The molecule has 0 saturated carbocycles. The fourth-order valence-electron chi connectivity index (χ4n) is 2.34. The lowest BCUT2D eigenvalue weighted by Crippen LogP contribution is -2.45. The van der Waals surface area contributed by atoms with Crippen molar-refractivity contribution in [1.29, 1.82) is 0 Å². The van der Waals surface area contributed by atoms with Gasteiger partial charge in [0.05, 0.1) is 13.2 Å². The number of guanidine groups is 1. The van der Waals surface area contributed by atoms with E-state index < -0.39 is 0 Å². The molecule has 0 aliphatic carbocycles. The van der Waals surface area contributed by atoms with Gasteiger partial charge in [-0.3, -0.25) is 9.79 Å². The second-order valence-corrected chi connectivity index (χ2v) is 5.61. The van der Waals surface area contributed by atoms with Crippen molar-refractivity contribution in [3.8, 4) is 0 Å². The van der Waals surface area contributed by atoms with Crippen molar-refractivity contribution in [1.82, 2.24) is 16.0 Å². The van der Waals surface area contributed by atoms with Crippen molar-refractivity contribution in [3.05, 3.63) is 29.8 Å². The van der Waals surface area contributed by atoms with Crippen molar-refractivity contribution < 1.29 is 9.53 Å². The third-order valence-corrected chi connectivity index (χ3v) is 3.69. The van der Waals surface area contributed by atoms with Crippen LogP contribution in [0.2, 0.25) is 0 Å². The molecule has 0 spiro atoms. The molecule has 0 fully saturated rings. The highest BCUT2D eigenvalue weighted by atomic mass is 16.5. The highest BCUT2D eigenvalue weighted by Crippen LogP contribution is 2.14. The standard InChI is InChI=1S/C18H31N5O2/c1-5-23(16-8-6-7-15(2)13-16)11-9-21-18(19-3)22-14-17(24)20-10-12-25-4/h6-8,13H,5,9-12,14H2,1-4H3,(H,20,24)(H2,19,21,22). The number of nitrogens with zero attached hydrogens (tertiary/aromatic N) is 2. The van der Waals surface area contributed by atoms with Crippen LogP contribution in [0.3, 0.4) is 0 Å². The van der Waals surface area contributed by atoms with Gasteiger partial charge < -0.3 is 25.6 Å². The summed E-state index contributed by atoms with van der Waals surface area (Å²) in [7, 11) is 3.29. The smallest absolute Gasteiger partial charge is 0.239 e. The molecule has 0 unspecified atom stereocenters. The van der Waals surface area contributed by atoms with Crippen LogP contribution in [0.5, 0.6) is 0 Å². The average Bonchev–Trinajstić information content (AvgIpc) is 2.61. The largest absolute Gasteiger partial charge is 0.383 e. The maximum Gasteiger partial charge on any atom is 0.239 e. The van der Waals surface area contributed by atoms with Gasteiger partial charge in [-0.15, -0.1) is 0 Å². The molecule has 0 aromatic heterocycles. The molecule has 140 valence electrons. The molecular formula is C18H31N5O2. The van der Waals surface area contributed by atoms with Crippen LogP contribution in [0, 0.1) is 6.92 Å². The van der Waals surface area contributed by atoms with Gasteiger partial charge >= 0.3 is 0 Å². The molecule has 0 aliphatic heterocycles. The van der Waals surface area contributed by atoms with E-state index in [1.54, 1.807) is 14.2 Å². The van der Waals surface area contributed by atoms with E-state index in [0.717, 1.165) is 19.6 Å². The number of amides is 1. The fraction of sp³-hybridized carbons (Fsp3) is 0.556. The summed E-state index contributed by atoms with van der Waals surface area (Å²) in [5.41, 5.74) is 2.46. The van der Waals surface area contributed by atoms with Gasteiger partial charge in [-0.05, 0) is 31.5 Å². The van der Waals surface area contributed by atoms with Crippen molar-refractivity contribution in [2.45, 2.75) is 13.8 Å². The van der Waals surface area contributed by atoms with Crippen LogP contribution in [0.15, 0.2) is 29.3 Å². The summed E-state index contributed by atoms with van der Waals surface area (Å²) in [5, 5.41) is 8.99. The topological polar surface area (TPSA) is 78.0 Å². The summed E-state index contributed by atoms with van der Waals surface area (Å²) in [6, 6.07) is 8.47. The lowest BCUT2D eigenvalue weighted by atomic mass is 10.2. The molecule has 0 saturated heterocycles. The van der Waals surface area contributed by atoms with Gasteiger partial charge in [0.25, 0.3) is 0 Å². The zero-order valence-corrected chi connectivity index (χ0v) is 15.8. The normalized spacial score (nSPS) is 11.1. The minimum absolute atomic E-state index is 0.0880. The highest BCUT2D eigenvalue weighted by molar-refractivity contribution is 5.86. The van der Waals surface area contributed by atoms with E-state index in [-0.39, 0.29) is 12.5 Å². The van der Waals surface area contributed by atoms with Gasteiger partial charge in [0.15, 0.2) is 5.96 Å². The van der Waals surface area contributed by atoms with E-state index in [1.807, 2.05) is 0 Å². The second kappa shape index (κ2) is 12.1. The molecule has 0 atom stereocenters. The number of nitrogens with one attached hydrogen (secondary N) is 3. The first kappa shape index (κ1) is 20.8. The lowest BCUT2D eigenvalue weighted by molar-refractivity contribution is -0.120. The van der Waals surface area contributed by atoms with E-state index in [0.29, 0.717) is 19.1 Å². The number of ether oxygens (including phenoxy) is 1. The van der Waals surface area contributed by atoms with Crippen LogP contribution in [0.4, 0.5) is 5.69 Å². The summed E-state index contributed by atoms with van der Waals surface area (Å²) >= 11 is 0. The molecule has 3 N–H and O–H groups in total. The molecule has 7 heteroatoms. The predicted molar refractivity (Wildman–Crippen MR) is 103 cm³/mol. The number of hydrogen-bond donors (Lipinski definition) is 3. The summed E-state index contributed by atoms with van der Waals surface area (Å²) in [5.74, 6) is 0.525. The lowest BCUT2D eigenvalue weighted by Gasteiger charge is -2.24. The van der Waals surface area contributed by atoms with Crippen LogP contribution in [-0.4, -0.2) is 65.4 Å². The minimum atomic E-state index is -0.0880. The van der Waals surface area contributed by atoms with E-state index in [2.05, 4.69) is 64.0 Å². The molecule has 0 heterocycles. The Labute approximate surface area is 150 Å². The minimum Gasteiger partial charge on any atom is -0.383 e. The first-order chi connectivity index (χ1) is 12.1. The molecule has 1 rings (SSSR count). The van der Waals surface area contributed by atoms with E-state index in [4.69, 9.17) is 4.74 Å². The molecule has 1 aromatic rings. The van der Waals surface area contributed by atoms with Gasteiger partial charge in [0.2, 0.25) is 5.91 Å². The molecule has 0 aliphatic rings. The highest BCUT2D eigenvalue weighted by Gasteiger charge is 2.06. The Morgan fingerprint density at radius 3 is 2.68 bits per heavy atom. The number of aliphatic imine (C=N–C) groups is 1. The zero-order valence-electron chi connectivity index (χ0n) is 15.8.